The molecule has 6 nitrogen and oxygen atoms in total. The standard InChI is InChI=1S/C19H22F3N3O3/c20-19(21,22)18(28)25-8-4-7-15(25)17(27)24-11-9-23(10-12-24)16(26)13-14-5-2-1-3-6-14/h1-3,5-6,15H,4,7-13H2. The molecule has 0 bridgehead atoms. The van der Waals surface area contributed by atoms with Crippen molar-refractivity contribution >= 4 is 17.7 Å². The topological polar surface area (TPSA) is 60.9 Å². The van der Waals surface area contributed by atoms with Crippen LogP contribution in [0.15, 0.2) is 30.3 Å². The van der Waals surface area contributed by atoms with Gasteiger partial charge in [-0.15, -0.1) is 0 Å². The smallest absolute Gasteiger partial charge is 0.339 e. The van der Waals surface area contributed by atoms with E-state index in [-0.39, 0.29) is 38.4 Å². The summed E-state index contributed by atoms with van der Waals surface area (Å²) >= 11 is 0. The lowest BCUT2D eigenvalue weighted by Gasteiger charge is -2.37. The summed E-state index contributed by atoms with van der Waals surface area (Å²) in [7, 11) is 0. The minimum atomic E-state index is -4.98. The second kappa shape index (κ2) is 8.20. The van der Waals surface area contributed by atoms with Crippen molar-refractivity contribution in [2.75, 3.05) is 32.7 Å². The zero-order chi connectivity index (χ0) is 20.3. The van der Waals surface area contributed by atoms with E-state index in [1.807, 2.05) is 30.3 Å². The van der Waals surface area contributed by atoms with E-state index < -0.39 is 24.0 Å². The van der Waals surface area contributed by atoms with Gasteiger partial charge in [-0.2, -0.15) is 13.2 Å². The summed E-state index contributed by atoms with van der Waals surface area (Å²) in [5.74, 6) is -2.47. The van der Waals surface area contributed by atoms with E-state index in [1.165, 1.54) is 4.90 Å². The molecular weight excluding hydrogens is 375 g/mol. The van der Waals surface area contributed by atoms with Crippen LogP contribution in [-0.2, 0) is 20.8 Å². The molecule has 0 aliphatic carbocycles. The summed E-state index contributed by atoms with van der Waals surface area (Å²) in [5, 5.41) is 0. The van der Waals surface area contributed by atoms with Crippen LogP contribution in [0.1, 0.15) is 18.4 Å². The Hall–Kier alpha value is -2.58. The van der Waals surface area contributed by atoms with Crippen LogP contribution in [0.3, 0.4) is 0 Å². The molecule has 0 spiro atoms. The van der Waals surface area contributed by atoms with Gasteiger partial charge in [0, 0.05) is 32.7 Å². The van der Waals surface area contributed by atoms with Crippen LogP contribution in [0.25, 0.3) is 0 Å². The highest BCUT2D eigenvalue weighted by Crippen LogP contribution is 2.27. The summed E-state index contributed by atoms with van der Waals surface area (Å²) < 4.78 is 38.2. The minimum Gasteiger partial charge on any atom is -0.339 e. The fraction of sp³-hybridized carbons (Fsp3) is 0.526. The maximum Gasteiger partial charge on any atom is 0.471 e. The Morgan fingerprint density at radius 3 is 2.14 bits per heavy atom. The quantitative estimate of drug-likeness (QED) is 0.776. The average Bonchev–Trinajstić information content (AvgIpc) is 3.16. The number of alkyl halides is 3. The van der Waals surface area contributed by atoms with Gasteiger partial charge in [-0.1, -0.05) is 30.3 Å². The number of hydrogen-bond donors (Lipinski definition) is 0. The first-order chi connectivity index (χ1) is 13.3. The number of piperazine rings is 1. The number of nitrogens with zero attached hydrogens (tertiary/aromatic N) is 3. The van der Waals surface area contributed by atoms with Gasteiger partial charge in [0.05, 0.1) is 6.42 Å². The maximum atomic E-state index is 12.7. The normalized spacial score (nSPS) is 20.4. The molecule has 1 unspecified atom stereocenters. The highest BCUT2D eigenvalue weighted by Gasteiger charge is 2.48. The number of benzene rings is 1. The van der Waals surface area contributed by atoms with Crippen molar-refractivity contribution in [3.8, 4) is 0 Å². The van der Waals surface area contributed by atoms with Crippen molar-refractivity contribution in [3.63, 3.8) is 0 Å². The van der Waals surface area contributed by atoms with Gasteiger partial charge in [0.2, 0.25) is 11.8 Å². The van der Waals surface area contributed by atoms with Crippen LogP contribution < -0.4 is 0 Å². The van der Waals surface area contributed by atoms with Crippen molar-refractivity contribution < 1.29 is 27.6 Å². The molecule has 9 heteroatoms. The van der Waals surface area contributed by atoms with Gasteiger partial charge in [0.1, 0.15) is 6.04 Å². The SMILES string of the molecule is O=C(Cc1ccccc1)N1CCN(C(=O)C2CCCN2C(=O)C(F)(F)F)CC1. The molecule has 2 heterocycles. The number of rotatable bonds is 3. The van der Waals surface area contributed by atoms with Crippen molar-refractivity contribution in [2.24, 2.45) is 0 Å². The lowest BCUT2D eigenvalue weighted by Crippen LogP contribution is -2.56. The molecule has 1 atom stereocenters. The van der Waals surface area contributed by atoms with E-state index in [0.29, 0.717) is 24.4 Å². The monoisotopic (exact) mass is 397 g/mol. The van der Waals surface area contributed by atoms with Gasteiger partial charge in [-0.05, 0) is 18.4 Å². The number of halogens is 3. The van der Waals surface area contributed by atoms with E-state index in [0.717, 1.165) is 5.56 Å². The summed E-state index contributed by atoms with van der Waals surface area (Å²) in [5.41, 5.74) is 0.901. The molecule has 3 amide bonds. The number of likely N-dealkylation sites (tertiary alicyclic amines) is 1. The van der Waals surface area contributed by atoms with Crippen LogP contribution in [-0.4, -0.2) is 77.4 Å². The Morgan fingerprint density at radius 1 is 0.929 bits per heavy atom. The average molecular weight is 397 g/mol. The number of hydrogen-bond acceptors (Lipinski definition) is 3. The molecule has 2 fully saturated rings. The molecule has 0 N–H and O–H groups in total. The minimum absolute atomic E-state index is 0.0481. The first kappa shape index (κ1) is 20.2. The summed E-state index contributed by atoms with van der Waals surface area (Å²) in [4.78, 5) is 40.4. The van der Waals surface area contributed by atoms with Crippen LogP contribution in [0.4, 0.5) is 13.2 Å². The van der Waals surface area contributed by atoms with Gasteiger partial charge in [-0.3, -0.25) is 14.4 Å². The highest BCUT2D eigenvalue weighted by atomic mass is 19.4. The van der Waals surface area contributed by atoms with Gasteiger partial charge >= 0.3 is 12.1 Å². The molecule has 152 valence electrons. The van der Waals surface area contributed by atoms with Crippen LogP contribution in [0.5, 0.6) is 0 Å². The van der Waals surface area contributed by atoms with Gasteiger partial charge in [0.15, 0.2) is 0 Å². The van der Waals surface area contributed by atoms with Crippen LogP contribution in [0, 0.1) is 0 Å². The van der Waals surface area contributed by atoms with Crippen LogP contribution >= 0.6 is 0 Å². The van der Waals surface area contributed by atoms with Gasteiger partial charge < -0.3 is 14.7 Å². The third-order valence-electron chi connectivity index (χ3n) is 5.18. The van der Waals surface area contributed by atoms with E-state index >= 15 is 0 Å². The molecule has 0 aromatic heterocycles. The third-order valence-corrected chi connectivity index (χ3v) is 5.18. The maximum absolute atomic E-state index is 12.7. The fourth-order valence-electron chi connectivity index (χ4n) is 3.70. The first-order valence-electron chi connectivity index (χ1n) is 9.25. The Labute approximate surface area is 160 Å². The molecular formula is C19H22F3N3O3. The summed E-state index contributed by atoms with van der Waals surface area (Å²) in [6, 6.07) is 8.24. The zero-order valence-electron chi connectivity index (χ0n) is 15.3. The Kier molecular flexibility index (Phi) is 5.90. The highest BCUT2D eigenvalue weighted by molar-refractivity contribution is 5.90. The summed E-state index contributed by atoms with van der Waals surface area (Å²) in [6.07, 6.45) is -4.11. The third kappa shape index (κ3) is 4.45. The fourth-order valence-corrected chi connectivity index (χ4v) is 3.70. The number of carbonyl (C=O) groups excluding carboxylic acids is 3. The van der Waals surface area contributed by atoms with Crippen LogP contribution in [0.2, 0.25) is 0 Å². The number of carbonyl (C=O) groups is 3. The first-order valence-corrected chi connectivity index (χ1v) is 9.25. The molecule has 28 heavy (non-hydrogen) atoms. The predicted octanol–water partition coefficient (Wildman–Crippen LogP) is 1.45. The van der Waals surface area contributed by atoms with Gasteiger partial charge in [-0.25, -0.2) is 0 Å². The Bertz CT molecular complexity index is 731. The van der Waals surface area contributed by atoms with E-state index in [1.54, 1.807) is 4.90 Å². The lowest BCUT2D eigenvalue weighted by molar-refractivity contribution is -0.187. The molecule has 0 saturated carbocycles. The second-order valence-corrected chi connectivity index (χ2v) is 7.02. The Balaban J connectivity index is 1.55. The van der Waals surface area contributed by atoms with E-state index in [2.05, 4.69) is 0 Å². The molecule has 2 aliphatic heterocycles. The summed E-state index contributed by atoms with van der Waals surface area (Å²) in [6.45, 7) is 1.10. The van der Waals surface area contributed by atoms with Crippen molar-refractivity contribution in [1.29, 1.82) is 0 Å². The number of amides is 3. The molecule has 3 rings (SSSR count). The second-order valence-electron chi connectivity index (χ2n) is 7.02. The Morgan fingerprint density at radius 2 is 1.54 bits per heavy atom. The molecule has 1 aromatic carbocycles. The molecule has 2 saturated heterocycles. The van der Waals surface area contributed by atoms with Gasteiger partial charge in [0.25, 0.3) is 0 Å². The van der Waals surface area contributed by atoms with E-state index in [4.69, 9.17) is 0 Å². The van der Waals surface area contributed by atoms with E-state index in [9.17, 15) is 27.6 Å². The van der Waals surface area contributed by atoms with Crippen molar-refractivity contribution in [2.45, 2.75) is 31.5 Å². The molecule has 0 radical (unpaired) electrons. The predicted molar refractivity (Wildman–Crippen MR) is 94.1 cm³/mol. The van der Waals surface area contributed by atoms with Crippen molar-refractivity contribution in [3.05, 3.63) is 35.9 Å². The van der Waals surface area contributed by atoms with Crippen molar-refractivity contribution in [1.82, 2.24) is 14.7 Å². The zero-order valence-corrected chi connectivity index (χ0v) is 15.3. The largest absolute Gasteiger partial charge is 0.471 e. The lowest BCUT2D eigenvalue weighted by atomic mass is 10.1. The molecule has 1 aromatic rings. The molecule has 2 aliphatic rings.